The van der Waals surface area contributed by atoms with Crippen molar-refractivity contribution in [3.05, 3.63) is 58.6 Å². The van der Waals surface area contributed by atoms with Crippen LogP contribution < -0.4 is 10.1 Å². The quantitative estimate of drug-likeness (QED) is 0.848. The summed E-state index contributed by atoms with van der Waals surface area (Å²) in [4.78, 5) is 2.53. The fraction of sp³-hybridized carbons (Fsp3) is 0.400. The second-order valence-corrected chi connectivity index (χ2v) is 6.89. The Morgan fingerprint density at radius 1 is 1.17 bits per heavy atom. The van der Waals surface area contributed by atoms with Crippen molar-refractivity contribution < 1.29 is 4.74 Å². The van der Waals surface area contributed by atoms with Crippen LogP contribution in [0.25, 0.3) is 0 Å². The van der Waals surface area contributed by atoms with E-state index in [9.17, 15) is 0 Å². The highest BCUT2D eigenvalue weighted by molar-refractivity contribution is 6.31. The number of aryl methyl sites for hydroxylation is 1. The van der Waals surface area contributed by atoms with Gasteiger partial charge in [0.25, 0.3) is 0 Å². The molecule has 2 aromatic rings. The number of nitrogens with zero attached hydrogens (tertiary/aromatic N) is 1. The van der Waals surface area contributed by atoms with E-state index in [1.807, 2.05) is 13.0 Å². The minimum atomic E-state index is 0.478. The van der Waals surface area contributed by atoms with Crippen LogP contribution in [-0.2, 0) is 6.54 Å². The number of halogens is 1. The van der Waals surface area contributed by atoms with Crippen LogP contribution in [0.5, 0.6) is 5.75 Å². The van der Waals surface area contributed by atoms with Crippen molar-refractivity contribution >= 4 is 17.3 Å². The zero-order valence-electron chi connectivity index (χ0n) is 14.4. The number of rotatable bonds is 5. The van der Waals surface area contributed by atoms with Gasteiger partial charge in [0.2, 0.25) is 0 Å². The minimum Gasteiger partial charge on any atom is -0.495 e. The molecule has 3 rings (SSSR count). The lowest BCUT2D eigenvalue weighted by molar-refractivity contribution is 0.211. The lowest BCUT2D eigenvalue weighted by atomic mass is 10.0. The molecule has 4 heteroatoms. The van der Waals surface area contributed by atoms with Gasteiger partial charge in [-0.15, -0.1) is 0 Å². The van der Waals surface area contributed by atoms with Crippen LogP contribution in [0.3, 0.4) is 0 Å². The van der Waals surface area contributed by atoms with Crippen LogP contribution in [0, 0.1) is 6.92 Å². The van der Waals surface area contributed by atoms with Crippen molar-refractivity contribution in [2.75, 3.05) is 25.5 Å². The van der Waals surface area contributed by atoms with Gasteiger partial charge in [-0.1, -0.05) is 41.9 Å². The Kier molecular flexibility index (Phi) is 5.64. The molecule has 1 aliphatic heterocycles. The second kappa shape index (κ2) is 7.91. The van der Waals surface area contributed by atoms with Gasteiger partial charge in [-0.05, 0) is 37.0 Å². The number of methoxy groups -OCH3 is 1. The van der Waals surface area contributed by atoms with E-state index in [1.165, 1.54) is 5.56 Å². The summed E-state index contributed by atoms with van der Waals surface area (Å²) in [5.74, 6) is 0.817. The van der Waals surface area contributed by atoms with Crippen molar-refractivity contribution in [3.63, 3.8) is 0 Å². The Balaban J connectivity index is 1.57. The first-order valence-electron chi connectivity index (χ1n) is 8.52. The van der Waals surface area contributed by atoms with Gasteiger partial charge in [-0.2, -0.15) is 0 Å². The molecule has 1 heterocycles. The molecule has 2 aromatic carbocycles. The van der Waals surface area contributed by atoms with Crippen LogP contribution >= 0.6 is 11.6 Å². The van der Waals surface area contributed by atoms with Gasteiger partial charge in [0.05, 0.1) is 12.8 Å². The molecule has 0 radical (unpaired) electrons. The van der Waals surface area contributed by atoms with Crippen LogP contribution in [0.2, 0.25) is 5.02 Å². The highest BCUT2D eigenvalue weighted by atomic mass is 35.5. The van der Waals surface area contributed by atoms with Gasteiger partial charge >= 0.3 is 0 Å². The summed E-state index contributed by atoms with van der Waals surface area (Å²) in [5, 5.41) is 4.39. The van der Waals surface area contributed by atoms with E-state index in [-0.39, 0.29) is 0 Å². The Labute approximate surface area is 149 Å². The first-order chi connectivity index (χ1) is 11.7. The molecule has 1 aliphatic rings. The number of benzene rings is 2. The van der Waals surface area contributed by atoms with Crippen LogP contribution in [-0.4, -0.2) is 31.1 Å². The predicted octanol–water partition coefficient (Wildman–Crippen LogP) is 4.73. The maximum Gasteiger partial charge on any atom is 0.143 e. The van der Waals surface area contributed by atoms with E-state index in [0.717, 1.165) is 54.5 Å². The lowest BCUT2D eigenvalue weighted by Gasteiger charge is -2.33. The van der Waals surface area contributed by atoms with Gasteiger partial charge in [0.1, 0.15) is 5.75 Å². The summed E-state index contributed by atoms with van der Waals surface area (Å²) in [6.07, 6.45) is 2.27. The summed E-state index contributed by atoms with van der Waals surface area (Å²) in [6, 6.07) is 15.1. The molecule has 128 valence electrons. The molecule has 0 atom stereocenters. The van der Waals surface area contributed by atoms with Crippen molar-refractivity contribution in [1.29, 1.82) is 0 Å². The molecule has 1 saturated heterocycles. The van der Waals surface area contributed by atoms with Crippen molar-refractivity contribution in [2.24, 2.45) is 0 Å². The number of nitrogens with one attached hydrogen (secondary N) is 1. The molecule has 3 nitrogen and oxygen atoms in total. The van der Waals surface area contributed by atoms with E-state index in [2.05, 4.69) is 46.6 Å². The molecular weight excluding hydrogens is 320 g/mol. The molecule has 0 saturated carbocycles. The maximum atomic E-state index is 6.19. The highest BCUT2D eigenvalue weighted by Crippen LogP contribution is 2.32. The average Bonchev–Trinajstić information content (AvgIpc) is 2.60. The number of likely N-dealkylation sites (tertiary alicyclic amines) is 1. The lowest BCUT2D eigenvalue weighted by Crippen LogP contribution is -2.38. The van der Waals surface area contributed by atoms with E-state index in [0.29, 0.717) is 6.04 Å². The first kappa shape index (κ1) is 17.1. The number of anilines is 1. The van der Waals surface area contributed by atoms with Gasteiger partial charge in [0, 0.05) is 36.8 Å². The number of ether oxygens (including phenoxy) is 1. The second-order valence-electron chi connectivity index (χ2n) is 6.48. The van der Waals surface area contributed by atoms with Crippen LogP contribution in [0.15, 0.2) is 42.5 Å². The van der Waals surface area contributed by atoms with Gasteiger partial charge < -0.3 is 10.1 Å². The largest absolute Gasteiger partial charge is 0.495 e. The van der Waals surface area contributed by atoms with E-state index in [1.54, 1.807) is 7.11 Å². The molecule has 0 amide bonds. The minimum absolute atomic E-state index is 0.478. The molecule has 0 aliphatic carbocycles. The molecule has 0 bridgehead atoms. The Morgan fingerprint density at radius 2 is 1.88 bits per heavy atom. The van der Waals surface area contributed by atoms with Crippen molar-refractivity contribution in [1.82, 2.24) is 4.90 Å². The fourth-order valence-corrected chi connectivity index (χ4v) is 3.40. The summed E-state index contributed by atoms with van der Waals surface area (Å²) >= 11 is 6.19. The van der Waals surface area contributed by atoms with E-state index >= 15 is 0 Å². The number of hydrogen-bond acceptors (Lipinski definition) is 3. The number of hydrogen-bond donors (Lipinski definition) is 1. The summed E-state index contributed by atoms with van der Waals surface area (Å²) in [7, 11) is 1.69. The molecule has 1 fully saturated rings. The van der Waals surface area contributed by atoms with Gasteiger partial charge in [-0.3, -0.25) is 4.90 Å². The first-order valence-corrected chi connectivity index (χ1v) is 8.90. The Hall–Kier alpha value is -1.71. The SMILES string of the molecule is COc1cc(Cl)c(C)cc1NC1CCN(Cc2ccccc2)CC1. The third-order valence-electron chi connectivity index (χ3n) is 4.68. The third-order valence-corrected chi connectivity index (χ3v) is 5.08. The van der Waals surface area contributed by atoms with Gasteiger partial charge in [0.15, 0.2) is 0 Å². The molecular formula is C20H25ClN2O. The Bertz CT molecular complexity index is 667. The molecule has 1 N–H and O–H groups in total. The average molecular weight is 345 g/mol. The molecule has 0 aromatic heterocycles. The smallest absolute Gasteiger partial charge is 0.143 e. The molecule has 24 heavy (non-hydrogen) atoms. The van der Waals surface area contributed by atoms with Gasteiger partial charge in [-0.25, -0.2) is 0 Å². The van der Waals surface area contributed by atoms with Crippen molar-refractivity contribution in [3.8, 4) is 5.75 Å². The summed E-state index contributed by atoms with van der Waals surface area (Å²) in [5.41, 5.74) is 3.50. The predicted molar refractivity (Wildman–Crippen MR) is 101 cm³/mol. The van der Waals surface area contributed by atoms with Crippen LogP contribution in [0.1, 0.15) is 24.0 Å². The van der Waals surface area contributed by atoms with Crippen molar-refractivity contribution in [2.45, 2.75) is 32.4 Å². The topological polar surface area (TPSA) is 24.5 Å². The maximum absolute atomic E-state index is 6.19. The third kappa shape index (κ3) is 4.22. The zero-order chi connectivity index (χ0) is 16.9. The normalized spacial score (nSPS) is 16.1. The standard InChI is InChI=1S/C20H25ClN2O/c1-15-12-19(20(24-2)13-18(15)21)22-17-8-10-23(11-9-17)14-16-6-4-3-5-7-16/h3-7,12-13,17,22H,8-11,14H2,1-2H3. The highest BCUT2D eigenvalue weighted by Gasteiger charge is 2.20. The molecule has 0 unspecified atom stereocenters. The summed E-state index contributed by atoms with van der Waals surface area (Å²) < 4.78 is 5.47. The van der Waals surface area contributed by atoms with Crippen LogP contribution in [0.4, 0.5) is 5.69 Å². The van der Waals surface area contributed by atoms with E-state index < -0.39 is 0 Å². The number of piperidine rings is 1. The van der Waals surface area contributed by atoms with E-state index in [4.69, 9.17) is 16.3 Å². The Morgan fingerprint density at radius 3 is 2.54 bits per heavy atom. The monoisotopic (exact) mass is 344 g/mol. The molecule has 0 spiro atoms. The zero-order valence-corrected chi connectivity index (χ0v) is 15.1. The fourth-order valence-electron chi connectivity index (χ4n) is 3.24. The summed E-state index contributed by atoms with van der Waals surface area (Å²) in [6.45, 7) is 5.29.